The molecule has 1 unspecified atom stereocenters. The number of nitrogens with zero attached hydrogens (tertiary/aromatic N) is 1. The highest BCUT2D eigenvalue weighted by Gasteiger charge is 2.19. The molecule has 3 aromatic carbocycles. The summed E-state index contributed by atoms with van der Waals surface area (Å²) in [6.07, 6.45) is 1.18. The summed E-state index contributed by atoms with van der Waals surface area (Å²) in [4.78, 5) is 12.8. The Morgan fingerprint density at radius 2 is 1.61 bits per heavy atom. The average molecular weight is 437 g/mol. The molecule has 0 heterocycles. The van der Waals surface area contributed by atoms with E-state index in [9.17, 15) is 13.2 Å². The maximum atomic E-state index is 12.8. The fraction of sp³-hybridized carbons (Fsp3) is 0.240. The lowest BCUT2D eigenvalue weighted by Gasteiger charge is -2.23. The molecule has 6 heteroatoms. The number of sulfonamides is 1. The summed E-state index contributed by atoms with van der Waals surface area (Å²) in [7, 11) is -3.48. The molecule has 0 bridgehead atoms. The Balaban J connectivity index is 1.77. The molecule has 0 radical (unpaired) electrons. The Morgan fingerprint density at radius 1 is 0.968 bits per heavy atom. The second-order valence-corrected chi connectivity index (χ2v) is 9.76. The zero-order valence-electron chi connectivity index (χ0n) is 18.3. The fourth-order valence-electron chi connectivity index (χ4n) is 3.51. The van der Waals surface area contributed by atoms with Crippen LogP contribution in [0.1, 0.15) is 45.6 Å². The Bertz CT molecular complexity index is 1160. The Labute approximate surface area is 184 Å². The molecule has 0 spiro atoms. The SMILES string of the molecule is Cc1ccc(C)c(C(C)NC(=O)c2ccc(N(Cc3ccccc3)S(C)(=O)=O)cc2)c1. The van der Waals surface area contributed by atoms with Gasteiger partial charge in [0.25, 0.3) is 5.91 Å². The molecule has 0 aliphatic heterocycles. The quantitative estimate of drug-likeness (QED) is 0.581. The first-order valence-electron chi connectivity index (χ1n) is 10.1. The third kappa shape index (κ3) is 5.73. The van der Waals surface area contributed by atoms with Gasteiger partial charge in [-0.3, -0.25) is 9.10 Å². The van der Waals surface area contributed by atoms with Crippen LogP contribution in [-0.4, -0.2) is 20.6 Å². The molecule has 0 saturated heterocycles. The number of benzene rings is 3. The summed E-state index contributed by atoms with van der Waals surface area (Å²) in [5, 5.41) is 3.03. The molecule has 1 atom stereocenters. The fourth-order valence-corrected chi connectivity index (χ4v) is 4.40. The molecule has 0 fully saturated rings. The molecule has 0 aromatic heterocycles. The van der Waals surface area contributed by atoms with Crippen LogP contribution >= 0.6 is 0 Å². The smallest absolute Gasteiger partial charge is 0.251 e. The van der Waals surface area contributed by atoms with E-state index in [2.05, 4.69) is 23.5 Å². The maximum absolute atomic E-state index is 12.8. The topological polar surface area (TPSA) is 66.5 Å². The molecule has 162 valence electrons. The van der Waals surface area contributed by atoms with Gasteiger partial charge in [-0.05, 0) is 61.7 Å². The van der Waals surface area contributed by atoms with Crippen LogP contribution in [0.15, 0.2) is 72.8 Å². The zero-order chi connectivity index (χ0) is 22.6. The van der Waals surface area contributed by atoms with Crippen molar-refractivity contribution in [1.29, 1.82) is 0 Å². The zero-order valence-corrected chi connectivity index (χ0v) is 19.1. The number of carbonyl (C=O) groups is 1. The molecule has 31 heavy (non-hydrogen) atoms. The maximum Gasteiger partial charge on any atom is 0.251 e. The normalized spacial score (nSPS) is 12.3. The van der Waals surface area contributed by atoms with E-state index in [1.165, 1.54) is 10.6 Å². The van der Waals surface area contributed by atoms with Gasteiger partial charge in [0, 0.05) is 5.56 Å². The number of carbonyl (C=O) groups excluding carboxylic acids is 1. The van der Waals surface area contributed by atoms with Crippen molar-refractivity contribution in [3.63, 3.8) is 0 Å². The summed E-state index contributed by atoms with van der Waals surface area (Å²) < 4.78 is 26.1. The molecule has 3 rings (SSSR count). The van der Waals surface area contributed by atoms with Crippen molar-refractivity contribution in [2.45, 2.75) is 33.4 Å². The summed E-state index contributed by atoms with van der Waals surface area (Å²) >= 11 is 0. The van der Waals surface area contributed by atoms with Gasteiger partial charge >= 0.3 is 0 Å². The van der Waals surface area contributed by atoms with Gasteiger partial charge in [0.15, 0.2) is 0 Å². The standard InChI is InChI=1S/C25H28N2O3S/c1-18-10-11-19(2)24(16-18)20(3)26-25(28)22-12-14-23(15-13-22)27(31(4,29)30)17-21-8-6-5-7-9-21/h5-16,20H,17H2,1-4H3,(H,26,28). The molecule has 0 aliphatic carbocycles. The number of anilines is 1. The number of amides is 1. The first kappa shape index (κ1) is 22.6. The van der Waals surface area contributed by atoms with Crippen LogP contribution in [0.5, 0.6) is 0 Å². The van der Waals surface area contributed by atoms with Gasteiger partial charge in [-0.25, -0.2) is 8.42 Å². The third-order valence-corrected chi connectivity index (χ3v) is 6.38. The summed E-state index contributed by atoms with van der Waals surface area (Å²) in [6.45, 7) is 6.24. The lowest BCUT2D eigenvalue weighted by atomic mass is 9.99. The minimum Gasteiger partial charge on any atom is -0.346 e. The molecular formula is C25H28N2O3S. The Morgan fingerprint density at radius 3 is 2.23 bits per heavy atom. The van der Waals surface area contributed by atoms with Gasteiger partial charge in [0.2, 0.25) is 10.0 Å². The van der Waals surface area contributed by atoms with Crippen LogP contribution in [0, 0.1) is 13.8 Å². The second-order valence-electron chi connectivity index (χ2n) is 7.86. The van der Waals surface area contributed by atoms with Crippen LogP contribution < -0.4 is 9.62 Å². The largest absolute Gasteiger partial charge is 0.346 e. The minimum atomic E-state index is -3.48. The van der Waals surface area contributed by atoms with E-state index < -0.39 is 10.0 Å². The van der Waals surface area contributed by atoms with Crippen molar-refractivity contribution < 1.29 is 13.2 Å². The summed E-state index contributed by atoms with van der Waals surface area (Å²) in [6, 6.07) is 22.1. The van der Waals surface area contributed by atoms with E-state index in [0.717, 1.165) is 22.3 Å². The van der Waals surface area contributed by atoms with Gasteiger partial charge in [0.05, 0.1) is 24.5 Å². The number of aryl methyl sites for hydroxylation is 2. The summed E-state index contributed by atoms with van der Waals surface area (Å²) in [5.41, 5.74) is 5.23. The van der Waals surface area contributed by atoms with E-state index in [1.54, 1.807) is 24.3 Å². The lowest BCUT2D eigenvalue weighted by Crippen LogP contribution is -2.30. The van der Waals surface area contributed by atoms with E-state index in [0.29, 0.717) is 11.3 Å². The van der Waals surface area contributed by atoms with Crippen molar-refractivity contribution >= 4 is 21.6 Å². The number of hydrogen-bond donors (Lipinski definition) is 1. The number of nitrogens with one attached hydrogen (secondary N) is 1. The van der Waals surface area contributed by atoms with Crippen LogP contribution in [0.2, 0.25) is 0 Å². The highest BCUT2D eigenvalue weighted by atomic mass is 32.2. The first-order valence-corrected chi connectivity index (χ1v) is 12.0. The molecule has 0 aliphatic rings. The van der Waals surface area contributed by atoms with Crippen LogP contribution in [0.25, 0.3) is 0 Å². The van der Waals surface area contributed by atoms with Gasteiger partial charge in [-0.15, -0.1) is 0 Å². The minimum absolute atomic E-state index is 0.141. The highest BCUT2D eigenvalue weighted by molar-refractivity contribution is 7.92. The van der Waals surface area contributed by atoms with Gasteiger partial charge in [0.1, 0.15) is 0 Å². The van der Waals surface area contributed by atoms with Crippen molar-refractivity contribution in [3.8, 4) is 0 Å². The van der Waals surface area contributed by atoms with Gasteiger partial charge < -0.3 is 5.32 Å². The van der Waals surface area contributed by atoms with Crippen molar-refractivity contribution in [1.82, 2.24) is 5.32 Å². The molecule has 5 nitrogen and oxygen atoms in total. The number of hydrogen-bond acceptors (Lipinski definition) is 3. The van der Waals surface area contributed by atoms with Crippen LogP contribution in [0.3, 0.4) is 0 Å². The first-order chi connectivity index (χ1) is 14.6. The molecule has 0 saturated carbocycles. The average Bonchev–Trinajstić information content (AvgIpc) is 2.73. The predicted octanol–water partition coefficient (Wildman–Crippen LogP) is 4.76. The number of rotatable bonds is 7. The highest BCUT2D eigenvalue weighted by Crippen LogP contribution is 2.23. The third-order valence-electron chi connectivity index (χ3n) is 5.24. The van der Waals surface area contributed by atoms with Crippen LogP contribution in [-0.2, 0) is 16.6 Å². The molecule has 1 N–H and O–H groups in total. The summed E-state index contributed by atoms with van der Waals surface area (Å²) in [5.74, 6) is -0.200. The van der Waals surface area contributed by atoms with Gasteiger partial charge in [-0.1, -0.05) is 54.1 Å². The predicted molar refractivity (Wildman–Crippen MR) is 126 cm³/mol. The Hall–Kier alpha value is -3.12. The van der Waals surface area contributed by atoms with E-state index in [4.69, 9.17) is 0 Å². The Kier molecular flexibility index (Phi) is 6.81. The van der Waals surface area contributed by atoms with E-state index >= 15 is 0 Å². The second kappa shape index (κ2) is 9.35. The van der Waals surface area contributed by atoms with Crippen LogP contribution in [0.4, 0.5) is 5.69 Å². The van der Waals surface area contributed by atoms with E-state index in [-0.39, 0.29) is 18.5 Å². The van der Waals surface area contributed by atoms with Crippen molar-refractivity contribution in [3.05, 3.63) is 101 Å². The van der Waals surface area contributed by atoms with Crippen molar-refractivity contribution in [2.75, 3.05) is 10.6 Å². The monoisotopic (exact) mass is 436 g/mol. The van der Waals surface area contributed by atoms with E-state index in [1.807, 2.05) is 51.1 Å². The lowest BCUT2D eigenvalue weighted by molar-refractivity contribution is 0.0940. The van der Waals surface area contributed by atoms with Gasteiger partial charge in [-0.2, -0.15) is 0 Å². The molecular weight excluding hydrogens is 408 g/mol. The molecule has 3 aromatic rings. The van der Waals surface area contributed by atoms with Crippen molar-refractivity contribution in [2.24, 2.45) is 0 Å². The molecule has 1 amide bonds.